The number of benzene rings is 1. The van der Waals surface area contributed by atoms with Crippen LogP contribution >= 0.6 is 0 Å². The van der Waals surface area contributed by atoms with Gasteiger partial charge in [0.2, 0.25) is 0 Å². The van der Waals surface area contributed by atoms with Gasteiger partial charge in [-0.2, -0.15) is 0 Å². The van der Waals surface area contributed by atoms with Gasteiger partial charge in [-0.25, -0.2) is 4.79 Å². The maximum atomic E-state index is 11.7. The van der Waals surface area contributed by atoms with E-state index in [0.717, 1.165) is 6.42 Å². The van der Waals surface area contributed by atoms with Gasteiger partial charge in [-0.1, -0.05) is 37.3 Å². The van der Waals surface area contributed by atoms with Crippen LogP contribution in [0.1, 0.15) is 40.2 Å². The smallest absolute Gasteiger partial charge is 0.407 e. The summed E-state index contributed by atoms with van der Waals surface area (Å²) in [6, 6.07) is 10.1. The van der Waals surface area contributed by atoms with Crippen LogP contribution in [0.2, 0.25) is 0 Å². The summed E-state index contributed by atoms with van der Waals surface area (Å²) >= 11 is 0. The largest absolute Gasteiger partial charge is 0.444 e. The fourth-order valence-corrected chi connectivity index (χ4v) is 2.28. The molecule has 1 aromatic rings. The molecule has 0 saturated heterocycles. The highest BCUT2D eigenvalue weighted by atomic mass is 16.6. The summed E-state index contributed by atoms with van der Waals surface area (Å²) in [5, 5.41) is 16.2. The predicted octanol–water partition coefficient (Wildman–Crippen LogP) is 2.73. The van der Waals surface area contributed by atoms with Gasteiger partial charge in [0.1, 0.15) is 5.60 Å². The van der Waals surface area contributed by atoms with Crippen molar-refractivity contribution in [3.05, 3.63) is 35.9 Å². The number of rotatable bonds is 8. The van der Waals surface area contributed by atoms with Gasteiger partial charge in [0.15, 0.2) is 0 Å². The lowest BCUT2D eigenvalue weighted by Crippen LogP contribution is -2.44. The van der Waals surface area contributed by atoms with Crippen molar-refractivity contribution in [1.29, 1.82) is 0 Å². The third-order valence-electron chi connectivity index (χ3n) is 3.60. The second kappa shape index (κ2) is 9.64. The van der Waals surface area contributed by atoms with Gasteiger partial charge in [-0.15, -0.1) is 0 Å². The Bertz CT molecular complexity index is 483. The van der Waals surface area contributed by atoms with Crippen LogP contribution in [-0.4, -0.2) is 42.0 Å². The van der Waals surface area contributed by atoms with Crippen LogP contribution in [0.25, 0.3) is 0 Å². The molecule has 0 spiro atoms. The van der Waals surface area contributed by atoms with Gasteiger partial charge in [0.25, 0.3) is 0 Å². The molecule has 1 aromatic carbocycles. The Labute approximate surface area is 145 Å². The maximum absolute atomic E-state index is 11.7. The third kappa shape index (κ3) is 8.89. The first-order valence-corrected chi connectivity index (χ1v) is 8.59. The van der Waals surface area contributed by atoms with Gasteiger partial charge in [-0.3, -0.25) is 0 Å². The summed E-state index contributed by atoms with van der Waals surface area (Å²) in [6.45, 7) is 10.6. The maximum Gasteiger partial charge on any atom is 0.407 e. The van der Waals surface area contributed by atoms with E-state index in [9.17, 15) is 9.90 Å². The topological polar surface area (TPSA) is 70.6 Å². The highest BCUT2D eigenvalue weighted by Gasteiger charge is 2.18. The SMILES string of the molecule is CC(CNC(=O)OC(C)(C)C)CN[C@@H](Cc1ccccc1)[C@@H](C)O. The lowest BCUT2D eigenvalue weighted by atomic mass is 10.0. The summed E-state index contributed by atoms with van der Waals surface area (Å²) in [4.78, 5) is 11.7. The highest BCUT2D eigenvalue weighted by molar-refractivity contribution is 5.67. The first-order chi connectivity index (χ1) is 11.2. The van der Waals surface area contributed by atoms with Gasteiger partial charge < -0.3 is 20.5 Å². The lowest BCUT2D eigenvalue weighted by Gasteiger charge is -2.24. The molecule has 0 aliphatic rings. The average molecular weight is 336 g/mol. The first kappa shape index (κ1) is 20.5. The molecule has 0 radical (unpaired) electrons. The van der Waals surface area contributed by atoms with Gasteiger partial charge in [-0.05, 0) is 52.1 Å². The van der Waals surface area contributed by atoms with E-state index in [1.807, 2.05) is 45.9 Å². The molecule has 0 aliphatic carbocycles. The number of nitrogens with one attached hydrogen (secondary N) is 2. The molecule has 0 bridgehead atoms. The molecular weight excluding hydrogens is 304 g/mol. The fourth-order valence-electron chi connectivity index (χ4n) is 2.28. The number of aliphatic hydroxyl groups excluding tert-OH is 1. The number of amides is 1. The number of hydrogen-bond acceptors (Lipinski definition) is 4. The second-order valence-electron chi connectivity index (χ2n) is 7.43. The Morgan fingerprint density at radius 3 is 2.33 bits per heavy atom. The Morgan fingerprint density at radius 2 is 1.79 bits per heavy atom. The molecule has 5 heteroatoms. The molecule has 136 valence electrons. The minimum Gasteiger partial charge on any atom is -0.444 e. The summed E-state index contributed by atoms with van der Waals surface area (Å²) in [7, 11) is 0. The van der Waals surface area contributed by atoms with E-state index < -0.39 is 17.8 Å². The molecule has 1 rings (SSSR count). The Kier molecular flexibility index (Phi) is 8.22. The van der Waals surface area contributed by atoms with Crippen molar-refractivity contribution in [2.75, 3.05) is 13.1 Å². The zero-order chi connectivity index (χ0) is 18.2. The number of carbonyl (C=O) groups excluding carboxylic acids is 1. The minimum atomic E-state index is -0.487. The van der Waals surface area contributed by atoms with E-state index in [2.05, 4.69) is 22.8 Å². The van der Waals surface area contributed by atoms with E-state index in [0.29, 0.717) is 13.1 Å². The van der Waals surface area contributed by atoms with Crippen LogP contribution in [-0.2, 0) is 11.2 Å². The zero-order valence-corrected chi connectivity index (χ0v) is 15.5. The number of aliphatic hydroxyl groups is 1. The summed E-state index contributed by atoms with van der Waals surface area (Å²) in [5.41, 5.74) is 0.703. The van der Waals surface area contributed by atoms with E-state index in [1.165, 1.54) is 5.56 Å². The Balaban J connectivity index is 2.37. The molecule has 0 aromatic heterocycles. The van der Waals surface area contributed by atoms with Crippen molar-refractivity contribution in [2.24, 2.45) is 5.92 Å². The normalized spacial score (nSPS) is 15.4. The quantitative estimate of drug-likeness (QED) is 0.683. The van der Waals surface area contributed by atoms with Crippen molar-refractivity contribution in [3.8, 4) is 0 Å². The van der Waals surface area contributed by atoms with E-state index in [1.54, 1.807) is 6.92 Å². The van der Waals surface area contributed by atoms with Crippen molar-refractivity contribution >= 4 is 6.09 Å². The molecule has 5 nitrogen and oxygen atoms in total. The number of alkyl carbamates (subject to hydrolysis) is 1. The summed E-state index contributed by atoms with van der Waals surface area (Å²) < 4.78 is 5.22. The summed E-state index contributed by atoms with van der Waals surface area (Å²) in [5.74, 6) is 0.231. The molecule has 0 saturated carbocycles. The molecule has 1 unspecified atom stereocenters. The molecule has 24 heavy (non-hydrogen) atoms. The van der Waals surface area contributed by atoms with Gasteiger partial charge in [0.05, 0.1) is 6.10 Å². The van der Waals surface area contributed by atoms with Gasteiger partial charge >= 0.3 is 6.09 Å². The molecule has 0 fully saturated rings. The molecule has 0 aliphatic heterocycles. The van der Waals surface area contributed by atoms with E-state index in [4.69, 9.17) is 4.74 Å². The number of ether oxygens (including phenoxy) is 1. The Morgan fingerprint density at radius 1 is 1.17 bits per heavy atom. The van der Waals surface area contributed by atoms with Crippen molar-refractivity contribution in [1.82, 2.24) is 10.6 Å². The zero-order valence-electron chi connectivity index (χ0n) is 15.5. The Hall–Kier alpha value is -1.59. The molecule has 3 atom stereocenters. The fraction of sp³-hybridized carbons (Fsp3) is 0.632. The minimum absolute atomic E-state index is 0.0172. The van der Waals surface area contributed by atoms with Crippen LogP contribution < -0.4 is 10.6 Å². The van der Waals surface area contributed by atoms with Crippen LogP contribution in [0.5, 0.6) is 0 Å². The lowest BCUT2D eigenvalue weighted by molar-refractivity contribution is 0.0519. The molecule has 3 N–H and O–H groups in total. The second-order valence-corrected chi connectivity index (χ2v) is 7.43. The predicted molar refractivity (Wildman–Crippen MR) is 97.0 cm³/mol. The van der Waals surface area contributed by atoms with Crippen LogP contribution in [0.4, 0.5) is 4.79 Å². The standard InChI is InChI=1S/C19H32N2O3/c1-14(13-21-18(23)24-19(3,4)5)12-20-17(15(2)22)11-16-9-7-6-8-10-16/h6-10,14-15,17,20,22H,11-13H2,1-5H3,(H,21,23)/t14?,15-,17+/m1/s1. The molecular formula is C19H32N2O3. The molecule has 0 heterocycles. The van der Waals surface area contributed by atoms with Crippen LogP contribution in [0.15, 0.2) is 30.3 Å². The van der Waals surface area contributed by atoms with Crippen LogP contribution in [0.3, 0.4) is 0 Å². The third-order valence-corrected chi connectivity index (χ3v) is 3.60. The van der Waals surface area contributed by atoms with Crippen molar-refractivity contribution in [3.63, 3.8) is 0 Å². The van der Waals surface area contributed by atoms with E-state index in [-0.39, 0.29) is 12.0 Å². The summed E-state index contributed by atoms with van der Waals surface area (Å²) in [6.07, 6.45) is -0.0769. The molecule has 1 amide bonds. The highest BCUT2D eigenvalue weighted by Crippen LogP contribution is 2.08. The van der Waals surface area contributed by atoms with Crippen molar-refractivity contribution in [2.45, 2.75) is 58.8 Å². The van der Waals surface area contributed by atoms with Crippen molar-refractivity contribution < 1.29 is 14.6 Å². The van der Waals surface area contributed by atoms with Gasteiger partial charge in [0, 0.05) is 12.6 Å². The number of carbonyl (C=O) groups is 1. The average Bonchev–Trinajstić information content (AvgIpc) is 2.48. The monoisotopic (exact) mass is 336 g/mol. The number of hydrogen-bond donors (Lipinski definition) is 3. The van der Waals surface area contributed by atoms with Crippen LogP contribution in [0, 0.1) is 5.92 Å². The van der Waals surface area contributed by atoms with E-state index >= 15 is 0 Å². The first-order valence-electron chi connectivity index (χ1n) is 8.59.